The lowest BCUT2D eigenvalue weighted by atomic mass is 9.87. The molecule has 0 bridgehead atoms. The lowest BCUT2D eigenvalue weighted by molar-refractivity contribution is -0.384. The van der Waals surface area contributed by atoms with E-state index in [2.05, 4.69) is 5.32 Å². The highest BCUT2D eigenvalue weighted by atomic mass is 32.2. The number of carbonyl (C=O) groups is 3. The number of methoxy groups -OCH3 is 2. The van der Waals surface area contributed by atoms with Gasteiger partial charge in [0.1, 0.15) is 11.4 Å². The first-order chi connectivity index (χ1) is 21.5. The number of carbonyl (C=O) groups excluding carboxylic acids is 3. The fourth-order valence-corrected chi connectivity index (χ4v) is 6.17. The number of esters is 1. The number of nitro groups is 1. The van der Waals surface area contributed by atoms with E-state index < -0.39 is 21.7 Å². The van der Waals surface area contributed by atoms with E-state index in [1.807, 2.05) is 38.1 Å². The predicted octanol–water partition coefficient (Wildman–Crippen LogP) is 5.59. The third-order valence-corrected chi connectivity index (χ3v) is 8.85. The molecular formula is C32H32N2O10S. The molecule has 3 aromatic rings. The number of nitrogens with zero attached hydrogens (tertiary/aromatic N) is 1. The lowest BCUT2D eigenvalue weighted by Crippen LogP contribution is -2.38. The summed E-state index contributed by atoms with van der Waals surface area (Å²) in [6.07, 6.45) is 2.30. The number of rotatable bonds is 11. The van der Waals surface area contributed by atoms with Gasteiger partial charge in [0, 0.05) is 29.7 Å². The van der Waals surface area contributed by atoms with Gasteiger partial charge in [-0.25, -0.2) is 4.79 Å². The number of fused-ring (bicyclic) bond motifs is 1. The first-order valence-electron chi connectivity index (χ1n) is 14.2. The Bertz CT molecular complexity index is 1640. The summed E-state index contributed by atoms with van der Waals surface area (Å²) in [5, 5.41) is 12.5. The van der Waals surface area contributed by atoms with E-state index in [4.69, 9.17) is 23.7 Å². The molecule has 1 N–H and O–H groups in total. The molecule has 0 spiro atoms. The van der Waals surface area contributed by atoms with Gasteiger partial charge in [-0.3, -0.25) is 25.0 Å². The number of imide groups is 1. The third kappa shape index (κ3) is 6.83. The number of thioether (sulfide) groups is 1. The second-order valence-electron chi connectivity index (χ2n) is 10.9. The van der Waals surface area contributed by atoms with Crippen molar-refractivity contribution in [1.82, 2.24) is 5.32 Å². The monoisotopic (exact) mass is 636 g/mol. The average Bonchev–Trinajstić information content (AvgIpc) is 3.34. The van der Waals surface area contributed by atoms with Crippen LogP contribution in [0, 0.1) is 17.0 Å². The molecule has 0 aliphatic carbocycles. The zero-order chi connectivity index (χ0) is 32.3. The van der Waals surface area contributed by atoms with E-state index in [0.717, 1.165) is 22.9 Å². The average molecular weight is 637 g/mol. The van der Waals surface area contributed by atoms with Crippen LogP contribution in [0.4, 0.5) is 10.5 Å². The molecule has 2 aliphatic rings. The molecule has 2 amide bonds. The van der Waals surface area contributed by atoms with Crippen LogP contribution in [0.3, 0.4) is 0 Å². The van der Waals surface area contributed by atoms with E-state index in [1.165, 1.54) is 38.5 Å². The van der Waals surface area contributed by atoms with Gasteiger partial charge in [0.25, 0.3) is 10.9 Å². The zero-order valence-corrected chi connectivity index (χ0v) is 26.0. The van der Waals surface area contributed by atoms with E-state index in [1.54, 1.807) is 0 Å². The number of ether oxygens (including phenoxy) is 5. The summed E-state index contributed by atoms with van der Waals surface area (Å²) in [7, 11) is 2.92. The van der Waals surface area contributed by atoms with Gasteiger partial charge >= 0.3 is 5.97 Å². The van der Waals surface area contributed by atoms with Crippen molar-refractivity contribution in [3.8, 4) is 28.7 Å². The Morgan fingerprint density at radius 2 is 1.76 bits per heavy atom. The Kier molecular flexibility index (Phi) is 9.19. The Morgan fingerprint density at radius 3 is 2.36 bits per heavy atom. The molecule has 12 nitrogen and oxygen atoms in total. The molecule has 1 fully saturated rings. The summed E-state index contributed by atoms with van der Waals surface area (Å²) < 4.78 is 29.6. The molecule has 3 aromatic carbocycles. The molecule has 2 aliphatic heterocycles. The molecule has 2 heterocycles. The van der Waals surface area contributed by atoms with Crippen molar-refractivity contribution >= 4 is 34.6 Å². The maximum Gasteiger partial charge on any atom is 0.343 e. The smallest absolute Gasteiger partial charge is 0.343 e. The van der Waals surface area contributed by atoms with Crippen LogP contribution in [0.15, 0.2) is 48.5 Å². The van der Waals surface area contributed by atoms with Crippen molar-refractivity contribution < 1.29 is 43.0 Å². The maximum atomic E-state index is 13.0. The van der Waals surface area contributed by atoms with E-state index >= 15 is 0 Å². The topological polar surface area (TPSA) is 153 Å². The molecule has 13 heteroatoms. The van der Waals surface area contributed by atoms with Gasteiger partial charge in [0.15, 0.2) is 11.5 Å². The molecule has 5 rings (SSSR count). The van der Waals surface area contributed by atoms with Crippen LogP contribution in [0.1, 0.15) is 46.8 Å². The Hall–Kier alpha value is -4.78. The molecule has 0 aromatic heterocycles. The second-order valence-corrected chi connectivity index (χ2v) is 12.1. The van der Waals surface area contributed by atoms with Gasteiger partial charge in [-0.2, -0.15) is 0 Å². The van der Waals surface area contributed by atoms with Crippen LogP contribution in [-0.2, 0) is 17.6 Å². The number of non-ortho nitro benzene ring substituents is 1. The van der Waals surface area contributed by atoms with Gasteiger partial charge in [0.2, 0.25) is 17.4 Å². The van der Waals surface area contributed by atoms with Gasteiger partial charge in [-0.1, -0.05) is 23.9 Å². The zero-order valence-electron chi connectivity index (χ0n) is 25.2. The number of nitrogens with one attached hydrogen (secondary N) is 1. The van der Waals surface area contributed by atoms with Crippen molar-refractivity contribution in [1.29, 1.82) is 0 Å². The van der Waals surface area contributed by atoms with Crippen LogP contribution >= 0.6 is 11.8 Å². The van der Waals surface area contributed by atoms with E-state index in [9.17, 15) is 24.5 Å². The number of hydrogen-bond acceptors (Lipinski definition) is 11. The lowest BCUT2D eigenvalue weighted by Gasteiger charge is -2.37. The van der Waals surface area contributed by atoms with Gasteiger partial charge < -0.3 is 23.7 Å². The van der Waals surface area contributed by atoms with E-state index in [-0.39, 0.29) is 33.9 Å². The van der Waals surface area contributed by atoms with Crippen molar-refractivity contribution in [2.75, 3.05) is 20.8 Å². The van der Waals surface area contributed by atoms with Gasteiger partial charge in [-0.15, -0.1) is 0 Å². The molecular weight excluding hydrogens is 604 g/mol. The first kappa shape index (κ1) is 31.6. The highest BCUT2D eigenvalue weighted by Crippen LogP contribution is 2.53. The van der Waals surface area contributed by atoms with Crippen LogP contribution in [0.5, 0.6) is 28.7 Å². The largest absolute Gasteiger partial charge is 0.493 e. The minimum absolute atomic E-state index is 0.135. The Morgan fingerprint density at radius 1 is 1.07 bits per heavy atom. The minimum atomic E-state index is -0.696. The highest BCUT2D eigenvalue weighted by Gasteiger charge is 2.38. The summed E-state index contributed by atoms with van der Waals surface area (Å²) in [6, 6.07) is 12.6. The van der Waals surface area contributed by atoms with Gasteiger partial charge in [-0.05, 0) is 62.9 Å². The van der Waals surface area contributed by atoms with Crippen molar-refractivity contribution in [3.05, 3.63) is 80.9 Å². The highest BCUT2D eigenvalue weighted by molar-refractivity contribution is 8.15. The molecule has 1 saturated heterocycles. The van der Waals surface area contributed by atoms with Crippen LogP contribution in [0.2, 0.25) is 0 Å². The Labute approximate surface area is 263 Å². The first-order valence-corrected chi connectivity index (χ1v) is 15.1. The van der Waals surface area contributed by atoms with Crippen LogP contribution < -0.4 is 29.0 Å². The summed E-state index contributed by atoms with van der Waals surface area (Å²) in [5.41, 5.74) is 1.84. The molecule has 0 saturated carbocycles. The quantitative estimate of drug-likeness (QED) is 0.121. The summed E-state index contributed by atoms with van der Waals surface area (Å²) in [5.74, 6) is 0.897. The second kappa shape index (κ2) is 13.1. The fourth-order valence-electron chi connectivity index (χ4n) is 5.31. The van der Waals surface area contributed by atoms with E-state index in [0.29, 0.717) is 55.1 Å². The maximum absolute atomic E-state index is 13.0. The van der Waals surface area contributed by atoms with Crippen LogP contribution in [-0.4, -0.2) is 53.7 Å². The normalized spacial score (nSPS) is 18.8. The predicted molar refractivity (Wildman–Crippen MR) is 165 cm³/mol. The Balaban J connectivity index is 1.26. The standard InChI is InChI=1S/C32H32N2O10S/c1-18-23-13-14-32(2,15-16-42-22-11-5-19(6-12-22)17-24-29(35)33-31(37)45-24)44-26(23)28(41-4)27(40-3)25(18)43-30(36)20-7-9-21(10-8-20)34(38)39/h5-12,24H,13-17H2,1-4H3,(H,33,35,37). The summed E-state index contributed by atoms with van der Waals surface area (Å²) in [4.78, 5) is 46.7. The number of amides is 2. The molecule has 236 valence electrons. The number of hydrogen-bond donors (Lipinski definition) is 1. The van der Waals surface area contributed by atoms with Crippen molar-refractivity contribution in [3.63, 3.8) is 0 Å². The van der Waals surface area contributed by atoms with Crippen LogP contribution in [0.25, 0.3) is 0 Å². The molecule has 2 atom stereocenters. The number of nitro benzene ring substituents is 1. The third-order valence-electron chi connectivity index (χ3n) is 7.87. The summed E-state index contributed by atoms with van der Waals surface area (Å²) in [6.45, 7) is 4.19. The SMILES string of the molecule is COc1c(OC(=O)c2ccc([N+](=O)[O-])cc2)c(C)c2c(c1OC)OC(C)(CCOc1ccc(CC3SC(=O)NC3=O)cc1)CC2. The van der Waals surface area contributed by atoms with Gasteiger partial charge in [0.05, 0.1) is 36.6 Å². The van der Waals surface area contributed by atoms with Crippen molar-refractivity contribution in [2.24, 2.45) is 0 Å². The minimum Gasteiger partial charge on any atom is -0.493 e. The molecule has 45 heavy (non-hydrogen) atoms. The van der Waals surface area contributed by atoms with Crippen molar-refractivity contribution in [2.45, 2.75) is 50.4 Å². The summed E-state index contributed by atoms with van der Waals surface area (Å²) >= 11 is 1.00. The number of benzene rings is 3. The fraction of sp³-hybridized carbons (Fsp3) is 0.344. The molecule has 0 radical (unpaired) electrons. The molecule has 2 unspecified atom stereocenters.